The first-order chi connectivity index (χ1) is 12.7. The van der Waals surface area contributed by atoms with Gasteiger partial charge in [0.1, 0.15) is 0 Å². The third-order valence-electron chi connectivity index (χ3n) is 3.71. The zero-order valence-electron chi connectivity index (χ0n) is 15.7. The van der Waals surface area contributed by atoms with Gasteiger partial charge in [-0.3, -0.25) is 9.59 Å². The molecule has 27 heavy (non-hydrogen) atoms. The molecular formula is C19H22ClN3O4. The minimum Gasteiger partial charge on any atom is -0.448 e. The Kier molecular flexibility index (Phi) is 6.74. The second-order valence-electron chi connectivity index (χ2n) is 6.57. The number of aromatic nitrogens is 2. The van der Waals surface area contributed by atoms with E-state index >= 15 is 0 Å². The number of halogens is 1. The number of nitrogens with zero attached hydrogens (tertiary/aromatic N) is 2. The lowest BCUT2D eigenvalue weighted by molar-refractivity contribution is -0.129. The van der Waals surface area contributed by atoms with Crippen LogP contribution in [0.4, 0.5) is 0 Å². The average Bonchev–Trinajstić information content (AvgIpc) is 2.60. The first-order valence-electron chi connectivity index (χ1n) is 8.54. The van der Waals surface area contributed by atoms with Crippen LogP contribution in [0.25, 0.3) is 5.69 Å². The van der Waals surface area contributed by atoms with Crippen LogP contribution in [-0.2, 0) is 9.53 Å². The molecule has 0 saturated heterocycles. The van der Waals surface area contributed by atoms with Crippen LogP contribution in [0, 0.1) is 12.8 Å². The molecule has 0 fully saturated rings. The molecule has 7 nitrogen and oxygen atoms in total. The summed E-state index contributed by atoms with van der Waals surface area (Å²) in [6.45, 7) is 7.51. The summed E-state index contributed by atoms with van der Waals surface area (Å²) >= 11 is 5.89. The van der Waals surface area contributed by atoms with Gasteiger partial charge in [-0.05, 0) is 44.0 Å². The molecule has 0 aliphatic rings. The Bertz CT molecular complexity index is 891. The van der Waals surface area contributed by atoms with Gasteiger partial charge in [0.15, 0.2) is 6.10 Å². The molecular weight excluding hydrogens is 370 g/mol. The number of hydrogen-bond donors (Lipinski definition) is 1. The fraction of sp³-hybridized carbons (Fsp3) is 0.368. The lowest BCUT2D eigenvalue weighted by atomic mass is 10.2. The predicted molar refractivity (Wildman–Crippen MR) is 102 cm³/mol. The van der Waals surface area contributed by atoms with Crippen molar-refractivity contribution in [3.63, 3.8) is 0 Å². The maximum atomic E-state index is 12.4. The van der Waals surface area contributed by atoms with Crippen molar-refractivity contribution in [3.8, 4) is 5.69 Å². The van der Waals surface area contributed by atoms with Crippen molar-refractivity contribution < 1.29 is 14.3 Å². The van der Waals surface area contributed by atoms with Crippen molar-refractivity contribution in [2.75, 3.05) is 6.54 Å². The molecule has 1 aromatic heterocycles. The molecule has 2 rings (SSSR count). The lowest BCUT2D eigenvalue weighted by Crippen LogP contribution is -2.38. The molecule has 0 aliphatic heterocycles. The zero-order chi connectivity index (χ0) is 20.1. The van der Waals surface area contributed by atoms with E-state index in [9.17, 15) is 14.4 Å². The van der Waals surface area contributed by atoms with Gasteiger partial charge in [-0.15, -0.1) is 0 Å². The molecule has 1 N–H and O–H groups in total. The van der Waals surface area contributed by atoms with Crippen LogP contribution in [0.1, 0.15) is 37.0 Å². The highest BCUT2D eigenvalue weighted by atomic mass is 35.5. The van der Waals surface area contributed by atoms with Crippen LogP contribution in [0.3, 0.4) is 0 Å². The third-order valence-corrected chi connectivity index (χ3v) is 3.96. The van der Waals surface area contributed by atoms with Crippen molar-refractivity contribution in [2.45, 2.75) is 33.8 Å². The Balaban J connectivity index is 2.23. The minimum atomic E-state index is -1.04. The van der Waals surface area contributed by atoms with E-state index in [2.05, 4.69) is 10.4 Å². The Morgan fingerprint density at radius 1 is 1.22 bits per heavy atom. The van der Waals surface area contributed by atoms with Crippen molar-refractivity contribution in [1.82, 2.24) is 15.1 Å². The number of esters is 1. The summed E-state index contributed by atoms with van der Waals surface area (Å²) in [6, 6.07) is 8.07. The molecule has 0 radical (unpaired) electrons. The smallest absolute Gasteiger partial charge is 0.363 e. The molecule has 0 aliphatic carbocycles. The van der Waals surface area contributed by atoms with Gasteiger partial charge in [-0.25, -0.2) is 9.48 Å². The van der Waals surface area contributed by atoms with Crippen LogP contribution < -0.4 is 10.7 Å². The number of rotatable bonds is 6. The number of aryl methyl sites for hydroxylation is 1. The van der Waals surface area contributed by atoms with Crippen molar-refractivity contribution in [3.05, 3.63) is 57.0 Å². The average molecular weight is 392 g/mol. The molecule has 0 unspecified atom stereocenters. The first kappa shape index (κ1) is 20.6. The quantitative estimate of drug-likeness (QED) is 0.764. The SMILES string of the molecule is Cc1cc(=O)c(C(=O)O[C@H](C)C(=O)NCC(C)C)nn1-c1ccc(Cl)cc1. The normalized spacial score (nSPS) is 11.9. The number of nitrogens with one attached hydrogen (secondary N) is 1. The summed E-state index contributed by atoms with van der Waals surface area (Å²) in [6.07, 6.45) is -1.04. The van der Waals surface area contributed by atoms with Crippen molar-refractivity contribution in [2.24, 2.45) is 5.92 Å². The zero-order valence-corrected chi connectivity index (χ0v) is 16.4. The number of amides is 1. The summed E-state index contributed by atoms with van der Waals surface area (Å²) in [5.74, 6) is -1.11. The molecule has 144 valence electrons. The highest BCUT2D eigenvalue weighted by Crippen LogP contribution is 2.14. The molecule has 2 aromatic rings. The predicted octanol–water partition coefficient (Wildman–Crippen LogP) is 2.51. The van der Waals surface area contributed by atoms with E-state index in [-0.39, 0.29) is 11.6 Å². The number of carbonyl (C=O) groups excluding carboxylic acids is 2. The van der Waals surface area contributed by atoms with Gasteiger partial charge in [0, 0.05) is 23.3 Å². The fourth-order valence-corrected chi connectivity index (χ4v) is 2.38. The molecule has 8 heteroatoms. The molecule has 0 spiro atoms. The van der Waals surface area contributed by atoms with Crippen molar-refractivity contribution >= 4 is 23.5 Å². The van der Waals surface area contributed by atoms with Crippen LogP contribution in [0.5, 0.6) is 0 Å². The van der Waals surface area contributed by atoms with Gasteiger partial charge in [-0.2, -0.15) is 5.10 Å². The molecule has 0 saturated carbocycles. The summed E-state index contributed by atoms with van der Waals surface area (Å²) in [5.41, 5.74) is 0.215. The summed E-state index contributed by atoms with van der Waals surface area (Å²) in [7, 11) is 0. The largest absolute Gasteiger partial charge is 0.448 e. The second-order valence-corrected chi connectivity index (χ2v) is 7.01. The van der Waals surface area contributed by atoms with E-state index in [4.69, 9.17) is 16.3 Å². The van der Waals surface area contributed by atoms with Gasteiger partial charge in [-0.1, -0.05) is 25.4 Å². The standard InChI is InChI=1S/C19H22ClN3O4/c1-11(2)10-21-18(25)13(4)27-19(26)17-16(24)9-12(3)23(22-17)15-7-5-14(20)6-8-15/h5-9,11,13H,10H2,1-4H3,(H,21,25)/t13-/m1/s1. The number of benzene rings is 1. The van der Waals surface area contributed by atoms with Gasteiger partial charge >= 0.3 is 5.97 Å². The van der Waals surface area contributed by atoms with Crippen LogP contribution in [0.2, 0.25) is 5.02 Å². The van der Waals surface area contributed by atoms with Gasteiger partial charge < -0.3 is 10.1 Å². The number of ether oxygens (including phenoxy) is 1. The molecule has 1 aromatic carbocycles. The van der Waals surface area contributed by atoms with E-state index < -0.39 is 23.4 Å². The highest BCUT2D eigenvalue weighted by molar-refractivity contribution is 6.30. The Morgan fingerprint density at radius 3 is 2.44 bits per heavy atom. The molecule has 1 atom stereocenters. The summed E-state index contributed by atoms with van der Waals surface area (Å²) < 4.78 is 6.56. The van der Waals surface area contributed by atoms with Crippen LogP contribution in [0.15, 0.2) is 35.1 Å². The molecule has 0 bridgehead atoms. The lowest BCUT2D eigenvalue weighted by Gasteiger charge is -2.15. The van der Waals surface area contributed by atoms with Gasteiger partial charge in [0.2, 0.25) is 11.1 Å². The van der Waals surface area contributed by atoms with E-state index in [1.54, 1.807) is 31.2 Å². The molecule has 1 amide bonds. The highest BCUT2D eigenvalue weighted by Gasteiger charge is 2.23. The van der Waals surface area contributed by atoms with Gasteiger partial charge in [0.25, 0.3) is 5.91 Å². The van der Waals surface area contributed by atoms with E-state index in [0.29, 0.717) is 22.9 Å². The Hall–Kier alpha value is -2.67. The third kappa shape index (κ3) is 5.40. The minimum absolute atomic E-state index is 0.266. The summed E-state index contributed by atoms with van der Waals surface area (Å²) in [5, 5.41) is 7.34. The first-order valence-corrected chi connectivity index (χ1v) is 8.92. The topological polar surface area (TPSA) is 90.3 Å². The van der Waals surface area contributed by atoms with E-state index in [1.807, 2.05) is 13.8 Å². The Morgan fingerprint density at radius 2 is 1.85 bits per heavy atom. The maximum Gasteiger partial charge on any atom is 0.363 e. The van der Waals surface area contributed by atoms with E-state index in [0.717, 1.165) is 0 Å². The maximum absolute atomic E-state index is 12.4. The number of carbonyl (C=O) groups is 2. The second kappa shape index (κ2) is 8.81. The Labute approximate surface area is 162 Å². The van der Waals surface area contributed by atoms with Crippen LogP contribution in [-0.4, -0.2) is 34.3 Å². The molecule has 1 heterocycles. The van der Waals surface area contributed by atoms with Gasteiger partial charge in [0.05, 0.1) is 5.69 Å². The monoisotopic (exact) mass is 391 g/mol. The van der Waals surface area contributed by atoms with Crippen LogP contribution >= 0.6 is 11.6 Å². The summed E-state index contributed by atoms with van der Waals surface area (Å²) in [4.78, 5) is 36.5. The fourth-order valence-electron chi connectivity index (χ4n) is 2.25. The van der Waals surface area contributed by atoms with E-state index in [1.165, 1.54) is 17.7 Å². The van der Waals surface area contributed by atoms with Crippen molar-refractivity contribution in [1.29, 1.82) is 0 Å². The number of hydrogen-bond acceptors (Lipinski definition) is 5.